The molecule has 0 spiro atoms. The fraction of sp³-hybridized carbons (Fsp3) is 0.391. The molecule has 1 aliphatic heterocycles. The predicted molar refractivity (Wildman–Crippen MR) is 123 cm³/mol. The molecule has 8 heteroatoms. The average molecular weight is 418 g/mol. The normalized spacial score (nSPS) is 17.1. The number of hydrogen-bond donors (Lipinski definition) is 1. The molecule has 1 fully saturated rings. The summed E-state index contributed by atoms with van der Waals surface area (Å²) in [5.74, 6) is 1.25. The van der Waals surface area contributed by atoms with Gasteiger partial charge in [0.2, 0.25) is 5.95 Å². The SMILES string of the molecule is Cc1cc(Nc2ncc3ccc4cnn(C(C)C)c4c3n2)ncc1N1CCOC(C)C1. The number of nitrogens with zero attached hydrogens (tertiary/aromatic N) is 6. The fourth-order valence-corrected chi connectivity index (χ4v) is 4.18. The zero-order valence-corrected chi connectivity index (χ0v) is 18.3. The Kier molecular flexibility index (Phi) is 4.94. The van der Waals surface area contributed by atoms with Gasteiger partial charge in [-0.05, 0) is 39.3 Å². The van der Waals surface area contributed by atoms with Crippen molar-refractivity contribution < 1.29 is 4.74 Å². The van der Waals surface area contributed by atoms with E-state index in [0.717, 1.165) is 58.6 Å². The maximum atomic E-state index is 5.66. The third-order valence-corrected chi connectivity index (χ3v) is 5.70. The number of ether oxygens (including phenoxy) is 1. The minimum Gasteiger partial charge on any atom is -0.375 e. The van der Waals surface area contributed by atoms with Crippen molar-refractivity contribution in [1.29, 1.82) is 0 Å². The second kappa shape index (κ2) is 7.77. The van der Waals surface area contributed by atoms with Crippen LogP contribution in [-0.2, 0) is 4.74 Å². The van der Waals surface area contributed by atoms with E-state index in [9.17, 15) is 0 Å². The molecule has 1 aromatic carbocycles. The largest absolute Gasteiger partial charge is 0.375 e. The maximum absolute atomic E-state index is 5.66. The van der Waals surface area contributed by atoms with Crippen LogP contribution in [0.2, 0.25) is 0 Å². The van der Waals surface area contributed by atoms with Crippen LogP contribution >= 0.6 is 0 Å². The molecular formula is C23H27N7O. The molecule has 1 unspecified atom stereocenters. The Morgan fingerprint density at radius 1 is 1.13 bits per heavy atom. The molecule has 0 saturated carbocycles. The summed E-state index contributed by atoms with van der Waals surface area (Å²) in [5.41, 5.74) is 4.21. The number of hydrogen-bond acceptors (Lipinski definition) is 7. The van der Waals surface area contributed by atoms with Crippen LogP contribution in [0.25, 0.3) is 21.8 Å². The molecule has 4 heterocycles. The van der Waals surface area contributed by atoms with Crippen molar-refractivity contribution in [2.75, 3.05) is 29.9 Å². The fourth-order valence-electron chi connectivity index (χ4n) is 4.18. The zero-order valence-electron chi connectivity index (χ0n) is 18.3. The van der Waals surface area contributed by atoms with Gasteiger partial charge in [-0.1, -0.05) is 12.1 Å². The Morgan fingerprint density at radius 3 is 2.74 bits per heavy atom. The first-order chi connectivity index (χ1) is 15.0. The van der Waals surface area contributed by atoms with E-state index in [1.165, 1.54) is 0 Å². The van der Waals surface area contributed by atoms with Gasteiger partial charge in [-0.2, -0.15) is 5.10 Å². The number of nitrogens with one attached hydrogen (secondary N) is 1. The molecule has 1 aliphatic rings. The number of aromatic nitrogens is 5. The second-order valence-electron chi connectivity index (χ2n) is 8.43. The molecular weight excluding hydrogens is 390 g/mol. The van der Waals surface area contributed by atoms with E-state index in [1.807, 2.05) is 35.4 Å². The van der Waals surface area contributed by atoms with Crippen LogP contribution < -0.4 is 10.2 Å². The molecule has 0 amide bonds. The Hall–Kier alpha value is -3.26. The van der Waals surface area contributed by atoms with E-state index in [4.69, 9.17) is 9.72 Å². The highest BCUT2D eigenvalue weighted by atomic mass is 16.5. The van der Waals surface area contributed by atoms with Crippen molar-refractivity contribution >= 4 is 39.3 Å². The first kappa shape index (κ1) is 19.7. The highest BCUT2D eigenvalue weighted by molar-refractivity contribution is 6.03. The van der Waals surface area contributed by atoms with E-state index in [2.05, 4.69) is 59.0 Å². The summed E-state index contributed by atoms with van der Waals surface area (Å²) in [6.45, 7) is 10.9. The first-order valence-corrected chi connectivity index (χ1v) is 10.7. The lowest BCUT2D eigenvalue weighted by Gasteiger charge is -2.33. The molecule has 31 heavy (non-hydrogen) atoms. The summed E-state index contributed by atoms with van der Waals surface area (Å²) >= 11 is 0. The van der Waals surface area contributed by atoms with Crippen LogP contribution in [0.4, 0.5) is 17.5 Å². The Balaban J connectivity index is 1.47. The van der Waals surface area contributed by atoms with Gasteiger partial charge < -0.3 is 15.0 Å². The van der Waals surface area contributed by atoms with Gasteiger partial charge >= 0.3 is 0 Å². The van der Waals surface area contributed by atoms with Gasteiger partial charge in [0.15, 0.2) is 0 Å². The standard InChI is InChI=1S/C23H27N7O/c1-14(2)30-22-18(11-26-30)6-5-17-10-25-23(28-21(17)22)27-20-9-15(3)19(12-24-20)29-7-8-31-16(4)13-29/h5-6,9-12,14,16H,7-8,13H2,1-4H3,(H,24,25,27,28). The number of morpholine rings is 1. The molecule has 5 rings (SSSR count). The van der Waals surface area contributed by atoms with Gasteiger partial charge in [0, 0.05) is 36.1 Å². The Morgan fingerprint density at radius 2 is 1.97 bits per heavy atom. The van der Waals surface area contributed by atoms with Crippen LogP contribution in [0.1, 0.15) is 32.4 Å². The third-order valence-electron chi connectivity index (χ3n) is 5.70. The number of fused-ring (bicyclic) bond motifs is 3. The lowest BCUT2D eigenvalue weighted by atomic mass is 10.2. The maximum Gasteiger partial charge on any atom is 0.228 e. The van der Waals surface area contributed by atoms with Gasteiger partial charge in [-0.25, -0.2) is 15.0 Å². The van der Waals surface area contributed by atoms with Gasteiger partial charge in [0.1, 0.15) is 11.3 Å². The van der Waals surface area contributed by atoms with Crippen LogP contribution in [0, 0.1) is 6.92 Å². The van der Waals surface area contributed by atoms with Crippen LogP contribution in [-0.4, -0.2) is 50.5 Å². The lowest BCUT2D eigenvalue weighted by molar-refractivity contribution is 0.0532. The van der Waals surface area contributed by atoms with Crippen LogP contribution in [0.3, 0.4) is 0 Å². The lowest BCUT2D eigenvalue weighted by Crippen LogP contribution is -2.41. The van der Waals surface area contributed by atoms with Gasteiger partial charge in [-0.3, -0.25) is 4.68 Å². The minimum absolute atomic E-state index is 0.230. The topological polar surface area (TPSA) is 81.0 Å². The summed E-state index contributed by atoms with van der Waals surface area (Å²) in [6, 6.07) is 6.39. The molecule has 0 radical (unpaired) electrons. The van der Waals surface area contributed by atoms with Crippen molar-refractivity contribution in [3.63, 3.8) is 0 Å². The molecule has 0 bridgehead atoms. The van der Waals surface area contributed by atoms with E-state index >= 15 is 0 Å². The van der Waals surface area contributed by atoms with Crippen molar-refractivity contribution in [3.8, 4) is 0 Å². The quantitative estimate of drug-likeness (QED) is 0.532. The minimum atomic E-state index is 0.230. The van der Waals surface area contributed by atoms with E-state index in [-0.39, 0.29) is 12.1 Å². The summed E-state index contributed by atoms with van der Waals surface area (Å²) < 4.78 is 7.67. The Labute approximate surface area is 181 Å². The van der Waals surface area contributed by atoms with Crippen molar-refractivity contribution in [1.82, 2.24) is 24.7 Å². The molecule has 160 valence electrons. The number of rotatable bonds is 4. The molecule has 4 aromatic rings. The average Bonchev–Trinajstić information content (AvgIpc) is 3.19. The van der Waals surface area contributed by atoms with Crippen LogP contribution in [0.15, 0.2) is 36.8 Å². The van der Waals surface area contributed by atoms with Crippen molar-refractivity contribution in [2.45, 2.75) is 39.8 Å². The van der Waals surface area contributed by atoms with E-state index < -0.39 is 0 Å². The number of benzene rings is 1. The summed E-state index contributed by atoms with van der Waals surface area (Å²) in [5, 5.41) is 9.88. The molecule has 1 atom stereocenters. The highest BCUT2D eigenvalue weighted by Crippen LogP contribution is 2.28. The molecule has 0 aliphatic carbocycles. The van der Waals surface area contributed by atoms with E-state index in [0.29, 0.717) is 5.95 Å². The molecule has 1 saturated heterocycles. The summed E-state index contributed by atoms with van der Waals surface area (Å²) in [6.07, 6.45) is 5.88. The van der Waals surface area contributed by atoms with Gasteiger partial charge in [0.25, 0.3) is 0 Å². The predicted octanol–water partition coefficient (Wildman–Crippen LogP) is 4.23. The summed E-state index contributed by atoms with van der Waals surface area (Å²) in [7, 11) is 0. The Bertz CT molecular complexity index is 1250. The van der Waals surface area contributed by atoms with Gasteiger partial charge in [0.05, 0.1) is 36.3 Å². The second-order valence-corrected chi connectivity index (χ2v) is 8.43. The monoisotopic (exact) mass is 417 g/mol. The third kappa shape index (κ3) is 3.67. The summed E-state index contributed by atoms with van der Waals surface area (Å²) in [4.78, 5) is 16.3. The van der Waals surface area contributed by atoms with Crippen molar-refractivity contribution in [3.05, 3.63) is 42.4 Å². The van der Waals surface area contributed by atoms with Gasteiger partial charge in [-0.15, -0.1) is 0 Å². The van der Waals surface area contributed by atoms with Crippen LogP contribution in [0.5, 0.6) is 0 Å². The highest BCUT2D eigenvalue weighted by Gasteiger charge is 2.19. The number of aryl methyl sites for hydroxylation is 1. The number of anilines is 3. The first-order valence-electron chi connectivity index (χ1n) is 10.7. The molecule has 8 nitrogen and oxygen atoms in total. The smallest absolute Gasteiger partial charge is 0.228 e. The molecule has 3 aromatic heterocycles. The van der Waals surface area contributed by atoms with E-state index in [1.54, 1.807) is 0 Å². The number of pyridine rings is 1. The van der Waals surface area contributed by atoms with Crippen molar-refractivity contribution in [2.24, 2.45) is 0 Å². The molecule has 1 N–H and O–H groups in total. The zero-order chi connectivity index (χ0) is 21.5.